The van der Waals surface area contributed by atoms with E-state index < -0.39 is 0 Å². The average Bonchev–Trinajstić information content (AvgIpc) is 2.28. The van der Waals surface area contributed by atoms with E-state index in [4.69, 9.17) is 11.6 Å². The van der Waals surface area contributed by atoms with Crippen LogP contribution in [0.15, 0.2) is 0 Å². The minimum absolute atomic E-state index is 0.571. The molecule has 0 atom stereocenters. The Bertz CT molecular complexity index is 156. The number of nitrogens with zero attached hydrogens (tertiary/aromatic N) is 1. The lowest BCUT2D eigenvalue weighted by Gasteiger charge is -2.23. The number of unbranched alkanes of at least 4 members (excludes halogenated alkanes) is 1. The van der Waals surface area contributed by atoms with Crippen LogP contribution >= 0.6 is 11.6 Å². The molecule has 1 saturated heterocycles. The summed E-state index contributed by atoms with van der Waals surface area (Å²) in [5, 5.41) is 0. The van der Waals surface area contributed by atoms with Gasteiger partial charge in [-0.3, -0.25) is 0 Å². The topological polar surface area (TPSA) is 3.24 Å². The number of rotatable bonds is 4. The standard InChI is InChI=1S/C12H24ClN/c1-12(2)6-5-10-14(11-7-12)9-4-3-8-13/h3-11H2,1-2H3. The van der Waals surface area contributed by atoms with Crippen molar-refractivity contribution in [3.63, 3.8) is 0 Å². The molecule has 0 aliphatic carbocycles. The Morgan fingerprint density at radius 3 is 2.64 bits per heavy atom. The van der Waals surface area contributed by atoms with Crippen molar-refractivity contribution in [1.82, 2.24) is 4.90 Å². The van der Waals surface area contributed by atoms with Crippen molar-refractivity contribution in [2.24, 2.45) is 5.41 Å². The molecule has 14 heavy (non-hydrogen) atoms. The molecular formula is C12H24ClN. The number of halogens is 1. The van der Waals surface area contributed by atoms with Gasteiger partial charge < -0.3 is 4.90 Å². The zero-order chi connectivity index (χ0) is 10.4. The molecule has 0 N–H and O–H groups in total. The Hall–Kier alpha value is 0.250. The van der Waals surface area contributed by atoms with E-state index in [0.29, 0.717) is 5.41 Å². The zero-order valence-corrected chi connectivity index (χ0v) is 10.4. The molecule has 0 amide bonds. The molecule has 0 saturated carbocycles. The van der Waals surface area contributed by atoms with Crippen molar-refractivity contribution in [1.29, 1.82) is 0 Å². The Morgan fingerprint density at radius 2 is 1.93 bits per heavy atom. The van der Waals surface area contributed by atoms with Crippen LogP contribution < -0.4 is 0 Å². The van der Waals surface area contributed by atoms with Gasteiger partial charge in [0, 0.05) is 5.88 Å². The molecule has 0 aromatic heterocycles. The third kappa shape index (κ3) is 4.65. The van der Waals surface area contributed by atoms with Crippen LogP contribution in [0.5, 0.6) is 0 Å². The molecule has 0 bridgehead atoms. The summed E-state index contributed by atoms with van der Waals surface area (Å²) in [6, 6.07) is 0. The third-order valence-electron chi connectivity index (χ3n) is 3.29. The van der Waals surface area contributed by atoms with Crippen molar-refractivity contribution in [2.45, 2.75) is 46.0 Å². The van der Waals surface area contributed by atoms with E-state index in [9.17, 15) is 0 Å². The largest absolute Gasteiger partial charge is 0.303 e. The van der Waals surface area contributed by atoms with E-state index >= 15 is 0 Å². The van der Waals surface area contributed by atoms with E-state index in [-0.39, 0.29) is 0 Å². The molecule has 0 spiro atoms. The van der Waals surface area contributed by atoms with Gasteiger partial charge in [0.15, 0.2) is 0 Å². The normalized spacial score (nSPS) is 23.4. The van der Waals surface area contributed by atoms with Crippen molar-refractivity contribution in [2.75, 3.05) is 25.5 Å². The Balaban J connectivity index is 2.21. The highest BCUT2D eigenvalue weighted by Gasteiger charge is 2.22. The van der Waals surface area contributed by atoms with Crippen molar-refractivity contribution in [3.05, 3.63) is 0 Å². The van der Waals surface area contributed by atoms with Crippen molar-refractivity contribution < 1.29 is 0 Å². The first-order chi connectivity index (χ1) is 6.64. The fourth-order valence-electron chi connectivity index (χ4n) is 2.13. The van der Waals surface area contributed by atoms with Gasteiger partial charge in [0.1, 0.15) is 0 Å². The van der Waals surface area contributed by atoms with Crippen LogP contribution in [0.1, 0.15) is 46.0 Å². The quantitative estimate of drug-likeness (QED) is 0.515. The van der Waals surface area contributed by atoms with Crippen LogP contribution in [0.25, 0.3) is 0 Å². The van der Waals surface area contributed by atoms with Gasteiger partial charge in [0.25, 0.3) is 0 Å². The molecular weight excluding hydrogens is 194 g/mol. The molecule has 1 aliphatic rings. The lowest BCUT2D eigenvalue weighted by atomic mass is 9.85. The van der Waals surface area contributed by atoms with Gasteiger partial charge in [-0.25, -0.2) is 0 Å². The number of likely N-dealkylation sites (tertiary alicyclic amines) is 1. The molecule has 1 nitrogen and oxygen atoms in total. The molecule has 1 heterocycles. The lowest BCUT2D eigenvalue weighted by molar-refractivity contribution is 0.259. The average molecular weight is 218 g/mol. The Labute approximate surface area is 93.8 Å². The van der Waals surface area contributed by atoms with Crippen LogP contribution in [0.2, 0.25) is 0 Å². The maximum absolute atomic E-state index is 5.68. The lowest BCUT2D eigenvalue weighted by Crippen LogP contribution is -2.26. The molecule has 1 rings (SSSR count). The molecule has 0 radical (unpaired) electrons. The highest BCUT2D eigenvalue weighted by atomic mass is 35.5. The zero-order valence-electron chi connectivity index (χ0n) is 9.69. The van der Waals surface area contributed by atoms with Crippen LogP contribution in [0.3, 0.4) is 0 Å². The first-order valence-corrected chi connectivity index (χ1v) is 6.46. The Morgan fingerprint density at radius 1 is 1.14 bits per heavy atom. The minimum atomic E-state index is 0.571. The van der Waals surface area contributed by atoms with Gasteiger partial charge >= 0.3 is 0 Å². The van der Waals surface area contributed by atoms with E-state index in [1.54, 1.807) is 0 Å². The summed E-state index contributed by atoms with van der Waals surface area (Å²) in [4.78, 5) is 2.61. The molecule has 0 unspecified atom stereocenters. The molecule has 1 aliphatic heterocycles. The summed E-state index contributed by atoms with van der Waals surface area (Å²) in [5.41, 5.74) is 0.571. The first kappa shape index (κ1) is 12.3. The predicted octanol–water partition coefficient (Wildman–Crippen LogP) is 3.52. The molecule has 0 aromatic rings. The van der Waals surface area contributed by atoms with Gasteiger partial charge in [-0.1, -0.05) is 13.8 Å². The molecule has 84 valence electrons. The summed E-state index contributed by atoms with van der Waals surface area (Å²) < 4.78 is 0. The summed E-state index contributed by atoms with van der Waals surface area (Å²) >= 11 is 5.68. The van der Waals surface area contributed by atoms with Gasteiger partial charge in [-0.05, 0) is 57.2 Å². The first-order valence-electron chi connectivity index (χ1n) is 5.92. The third-order valence-corrected chi connectivity index (χ3v) is 3.56. The van der Waals surface area contributed by atoms with Gasteiger partial charge in [-0.15, -0.1) is 11.6 Å². The summed E-state index contributed by atoms with van der Waals surface area (Å²) in [6.45, 7) is 8.63. The van der Waals surface area contributed by atoms with Crippen molar-refractivity contribution >= 4 is 11.6 Å². The van der Waals surface area contributed by atoms with Crippen LogP contribution in [0.4, 0.5) is 0 Å². The fraction of sp³-hybridized carbons (Fsp3) is 1.00. The van der Waals surface area contributed by atoms with Crippen LogP contribution in [-0.2, 0) is 0 Å². The highest BCUT2D eigenvalue weighted by molar-refractivity contribution is 6.17. The maximum Gasteiger partial charge on any atom is 0.0223 e. The number of hydrogen-bond donors (Lipinski definition) is 0. The smallest absolute Gasteiger partial charge is 0.0223 e. The fourth-order valence-corrected chi connectivity index (χ4v) is 2.32. The minimum Gasteiger partial charge on any atom is -0.303 e. The predicted molar refractivity (Wildman–Crippen MR) is 64.0 cm³/mol. The summed E-state index contributed by atoms with van der Waals surface area (Å²) in [7, 11) is 0. The van der Waals surface area contributed by atoms with Gasteiger partial charge in [-0.2, -0.15) is 0 Å². The summed E-state index contributed by atoms with van der Waals surface area (Å²) in [5.74, 6) is 0.819. The van der Waals surface area contributed by atoms with Crippen LogP contribution in [-0.4, -0.2) is 30.4 Å². The second-order valence-electron chi connectivity index (χ2n) is 5.26. The van der Waals surface area contributed by atoms with Crippen molar-refractivity contribution in [3.8, 4) is 0 Å². The highest BCUT2D eigenvalue weighted by Crippen LogP contribution is 2.29. The molecule has 0 aromatic carbocycles. The second-order valence-corrected chi connectivity index (χ2v) is 5.63. The second kappa shape index (κ2) is 5.97. The van der Waals surface area contributed by atoms with E-state index in [0.717, 1.165) is 5.88 Å². The van der Waals surface area contributed by atoms with Crippen LogP contribution in [0, 0.1) is 5.41 Å². The number of alkyl halides is 1. The summed E-state index contributed by atoms with van der Waals surface area (Å²) in [6.07, 6.45) is 6.55. The van der Waals surface area contributed by atoms with Gasteiger partial charge in [0.05, 0.1) is 0 Å². The van der Waals surface area contributed by atoms with E-state index in [1.165, 1.54) is 51.7 Å². The molecule has 1 fully saturated rings. The van der Waals surface area contributed by atoms with E-state index in [2.05, 4.69) is 18.7 Å². The monoisotopic (exact) mass is 217 g/mol. The molecule has 2 heteroatoms. The number of hydrogen-bond acceptors (Lipinski definition) is 1. The SMILES string of the molecule is CC1(C)CCCN(CCCCCl)CC1. The van der Waals surface area contributed by atoms with Gasteiger partial charge in [0.2, 0.25) is 0 Å². The van der Waals surface area contributed by atoms with E-state index in [1.807, 2.05) is 0 Å². The maximum atomic E-state index is 5.68. The Kier molecular flexibility index (Phi) is 5.25.